The number of aliphatic hydroxyl groups excluding tert-OH is 1. The lowest BCUT2D eigenvalue weighted by atomic mass is 9.69. The summed E-state index contributed by atoms with van der Waals surface area (Å²) in [6.07, 6.45) is 12.3. The number of phenolic OH excluding ortho intramolecular Hbond substituents is 2. The first-order valence-corrected chi connectivity index (χ1v) is 17.7. The van der Waals surface area contributed by atoms with Gasteiger partial charge in [-0.3, -0.25) is 4.79 Å². The van der Waals surface area contributed by atoms with E-state index in [9.17, 15) is 20.1 Å². The number of fused-ring (bicyclic) bond motifs is 2. The average molecular weight is 697 g/mol. The van der Waals surface area contributed by atoms with E-state index in [0.717, 1.165) is 44.2 Å². The molecule has 2 heterocycles. The summed E-state index contributed by atoms with van der Waals surface area (Å²) in [5.41, 5.74) is 5.77. The monoisotopic (exact) mass is 696 g/mol. The molecule has 5 N–H and O–H groups in total. The van der Waals surface area contributed by atoms with Gasteiger partial charge in [0.2, 0.25) is 0 Å². The summed E-state index contributed by atoms with van der Waals surface area (Å²) >= 11 is 0. The third-order valence-corrected chi connectivity index (χ3v) is 10.6. The average Bonchev–Trinajstić information content (AvgIpc) is 3.89. The van der Waals surface area contributed by atoms with Gasteiger partial charge in [0.25, 0.3) is 0 Å². The number of hydrogen-bond acceptors (Lipinski definition) is 6. The van der Waals surface area contributed by atoms with Gasteiger partial charge in [-0.2, -0.15) is 0 Å². The van der Waals surface area contributed by atoms with Crippen LogP contribution in [-0.4, -0.2) is 51.4 Å². The number of phenols is 2. The van der Waals surface area contributed by atoms with Crippen LogP contribution in [0.3, 0.4) is 0 Å². The number of H-pyrrole nitrogens is 2. The van der Waals surface area contributed by atoms with E-state index in [1.807, 2.05) is 55.1 Å². The van der Waals surface area contributed by atoms with E-state index in [0.29, 0.717) is 30.8 Å². The number of aliphatic hydroxyl groups is 1. The second kappa shape index (κ2) is 15.3. The van der Waals surface area contributed by atoms with Crippen molar-refractivity contribution in [3.05, 3.63) is 155 Å². The van der Waals surface area contributed by atoms with Crippen LogP contribution >= 0.6 is 0 Å². The number of carbonyl (C=O) groups is 1. The Hall–Kier alpha value is -5.73. The number of ether oxygens (including phenoxy) is 2. The molecule has 5 unspecified atom stereocenters. The maximum absolute atomic E-state index is 14.3. The minimum Gasteiger partial charge on any atom is -0.504 e. The van der Waals surface area contributed by atoms with E-state index in [2.05, 4.69) is 52.5 Å². The molecular weight excluding hydrogens is 652 g/mol. The molecule has 0 amide bonds. The SMILES string of the molecule is COc1cc(CC(Cc2cc[nH]c2)C(=O)CC(O)C(Cc2cc[nH]c2)C2C=CC(c3cccc4ccccc34)c3c2ccc(O)c3OC)ccc1O. The number of aromatic nitrogens is 2. The summed E-state index contributed by atoms with van der Waals surface area (Å²) in [4.78, 5) is 20.5. The van der Waals surface area contributed by atoms with Gasteiger partial charge in [0.1, 0.15) is 5.78 Å². The topological polar surface area (TPSA) is 128 Å². The van der Waals surface area contributed by atoms with Crippen LogP contribution in [0.5, 0.6) is 23.0 Å². The molecule has 0 radical (unpaired) electrons. The van der Waals surface area contributed by atoms with Gasteiger partial charge in [-0.25, -0.2) is 0 Å². The molecule has 4 aromatic carbocycles. The number of allylic oxidation sites excluding steroid dienone is 2. The van der Waals surface area contributed by atoms with Gasteiger partial charge in [0.15, 0.2) is 23.0 Å². The number of aromatic amines is 2. The van der Waals surface area contributed by atoms with Crippen molar-refractivity contribution in [1.82, 2.24) is 9.97 Å². The van der Waals surface area contributed by atoms with E-state index in [1.54, 1.807) is 31.4 Å². The smallest absolute Gasteiger partial charge is 0.164 e. The Morgan fingerprint density at radius 2 is 1.46 bits per heavy atom. The van der Waals surface area contributed by atoms with Crippen molar-refractivity contribution in [2.75, 3.05) is 14.2 Å². The lowest BCUT2D eigenvalue weighted by Crippen LogP contribution is -2.34. The molecule has 0 fully saturated rings. The van der Waals surface area contributed by atoms with Crippen molar-refractivity contribution in [2.45, 2.75) is 43.6 Å². The standard InChI is InChI=1S/C44H44N2O6/c1-51-42-23-27(10-14-38(42)47)20-31(21-28-16-18-45-25-28)40(49)24-41(50)37(22-29-17-19-46-26-29)34-11-12-35(43-36(34)13-15-39(48)44(43)52-2)33-9-5-7-30-6-3-4-8-32(30)33/h3-19,23,25-26,31,34-35,37,41,45-48,50H,20-22,24H2,1-2H3. The number of aromatic hydroxyl groups is 2. The zero-order chi connectivity index (χ0) is 36.2. The van der Waals surface area contributed by atoms with E-state index >= 15 is 0 Å². The molecule has 0 saturated heterocycles. The highest BCUT2D eigenvalue weighted by Gasteiger charge is 2.37. The molecule has 8 nitrogen and oxygen atoms in total. The molecule has 8 heteroatoms. The normalized spacial score (nSPS) is 17.0. The molecule has 1 aliphatic carbocycles. The maximum Gasteiger partial charge on any atom is 0.164 e. The van der Waals surface area contributed by atoms with Crippen molar-refractivity contribution in [3.63, 3.8) is 0 Å². The number of Topliss-reactive ketones (excluding diaryl/α,β-unsaturated/α-hetero) is 1. The molecule has 1 aliphatic rings. The van der Waals surface area contributed by atoms with Crippen molar-refractivity contribution < 1.29 is 29.6 Å². The summed E-state index contributed by atoms with van der Waals surface area (Å²) in [5.74, 6) is -0.481. The van der Waals surface area contributed by atoms with Gasteiger partial charge in [-0.05, 0) is 94.1 Å². The van der Waals surface area contributed by atoms with Crippen LogP contribution in [0.4, 0.5) is 0 Å². The van der Waals surface area contributed by atoms with E-state index in [-0.39, 0.29) is 41.5 Å². The Labute approximate surface area is 303 Å². The van der Waals surface area contributed by atoms with E-state index in [1.165, 1.54) is 7.11 Å². The lowest BCUT2D eigenvalue weighted by molar-refractivity contribution is -0.125. The molecular formula is C44H44N2O6. The van der Waals surface area contributed by atoms with Crippen molar-refractivity contribution >= 4 is 16.6 Å². The molecule has 0 saturated carbocycles. The predicted molar refractivity (Wildman–Crippen MR) is 202 cm³/mol. The van der Waals surface area contributed by atoms with Crippen molar-refractivity contribution in [1.29, 1.82) is 0 Å². The molecule has 0 spiro atoms. The number of hydrogen-bond donors (Lipinski definition) is 5. The highest BCUT2D eigenvalue weighted by Crippen LogP contribution is 2.50. The van der Waals surface area contributed by atoms with Crippen LogP contribution in [0.15, 0.2) is 122 Å². The van der Waals surface area contributed by atoms with E-state index in [4.69, 9.17) is 9.47 Å². The van der Waals surface area contributed by atoms with Gasteiger partial charge >= 0.3 is 0 Å². The van der Waals surface area contributed by atoms with Crippen LogP contribution in [0.1, 0.15) is 51.6 Å². The Bertz CT molecular complexity index is 2170. The number of carbonyl (C=O) groups excluding carboxylic acids is 1. The summed E-state index contributed by atoms with van der Waals surface area (Å²) < 4.78 is 11.2. The number of methoxy groups -OCH3 is 2. The fourth-order valence-corrected chi connectivity index (χ4v) is 8.00. The fourth-order valence-electron chi connectivity index (χ4n) is 8.00. The third kappa shape index (κ3) is 7.07. The molecule has 5 atom stereocenters. The minimum absolute atomic E-state index is 0.0382. The Balaban J connectivity index is 1.25. The van der Waals surface area contributed by atoms with Gasteiger partial charge in [-0.15, -0.1) is 0 Å². The van der Waals surface area contributed by atoms with Crippen LogP contribution in [0.25, 0.3) is 10.8 Å². The predicted octanol–water partition coefficient (Wildman–Crippen LogP) is 7.99. The Kier molecular flexibility index (Phi) is 10.2. The van der Waals surface area contributed by atoms with Gasteiger partial charge in [-0.1, -0.05) is 66.7 Å². The van der Waals surface area contributed by atoms with Gasteiger partial charge in [0.05, 0.1) is 20.3 Å². The summed E-state index contributed by atoms with van der Waals surface area (Å²) in [6.45, 7) is 0. The van der Waals surface area contributed by atoms with Gasteiger partial charge in [0, 0.05) is 54.5 Å². The third-order valence-electron chi connectivity index (χ3n) is 10.6. The largest absolute Gasteiger partial charge is 0.504 e. The van der Waals surface area contributed by atoms with Crippen LogP contribution in [-0.2, 0) is 24.1 Å². The van der Waals surface area contributed by atoms with Crippen molar-refractivity contribution in [2.24, 2.45) is 11.8 Å². The molecule has 2 aromatic heterocycles. The molecule has 266 valence electrons. The Morgan fingerprint density at radius 3 is 2.19 bits per heavy atom. The minimum atomic E-state index is -0.984. The summed E-state index contributed by atoms with van der Waals surface area (Å²) in [7, 11) is 3.07. The second-order valence-electron chi connectivity index (χ2n) is 13.7. The number of rotatable bonds is 14. The summed E-state index contributed by atoms with van der Waals surface area (Å²) in [6, 6.07) is 27.2. The number of ketones is 1. The highest BCUT2D eigenvalue weighted by atomic mass is 16.5. The fraction of sp³-hybridized carbons (Fsp3) is 0.250. The quantitative estimate of drug-likeness (QED) is 0.0735. The summed E-state index contributed by atoms with van der Waals surface area (Å²) in [5, 5.41) is 35.7. The number of nitrogens with one attached hydrogen (secondary N) is 2. The van der Waals surface area contributed by atoms with E-state index < -0.39 is 12.0 Å². The van der Waals surface area contributed by atoms with Gasteiger partial charge < -0.3 is 34.8 Å². The second-order valence-corrected chi connectivity index (χ2v) is 13.7. The molecule has 52 heavy (non-hydrogen) atoms. The Morgan fingerprint density at radius 1 is 0.750 bits per heavy atom. The molecule has 6 aromatic rings. The first kappa shape index (κ1) is 34.7. The first-order valence-electron chi connectivity index (χ1n) is 17.7. The first-order chi connectivity index (χ1) is 25.3. The zero-order valence-corrected chi connectivity index (χ0v) is 29.3. The number of benzene rings is 4. The molecule has 0 bridgehead atoms. The maximum atomic E-state index is 14.3. The van der Waals surface area contributed by atoms with Crippen molar-refractivity contribution in [3.8, 4) is 23.0 Å². The highest BCUT2D eigenvalue weighted by molar-refractivity contribution is 5.87. The zero-order valence-electron chi connectivity index (χ0n) is 29.3. The molecule has 0 aliphatic heterocycles. The van der Waals surface area contributed by atoms with Crippen LogP contribution in [0, 0.1) is 11.8 Å². The van der Waals surface area contributed by atoms with Crippen LogP contribution < -0.4 is 9.47 Å². The van der Waals surface area contributed by atoms with Crippen LogP contribution in [0.2, 0.25) is 0 Å². The molecule has 7 rings (SSSR count). The lowest BCUT2D eigenvalue weighted by Gasteiger charge is -2.36.